The van der Waals surface area contributed by atoms with Gasteiger partial charge in [-0.3, -0.25) is 4.79 Å². The first-order chi connectivity index (χ1) is 11.6. The van der Waals surface area contributed by atoms with Gasteiger partial charge in [0, 0.05) is 22.6 Å². The molecule has 1 aromatic carbocycles. The fourth-order valence-electron chi connectivity index (χ4n) is 3.51. The molecule has 1 aromatic heterocycles. The molecular formula is C19H15ClN2O2. The Hall–Kier alpha value is -2.51. The van der Waals surface area contributed by atoms with E-state index in [2.05, 4.69) is 11.4 Å². The van der Waals surface area contributed by atoms with Crippen molar-refractivity contribution in [1.82, 2.24) is 0 Å². The second-order valence-corrected chi connectivity index (χ2v) is 6.66. The number of anilines is 1. The van der Waals surface area contributed by atoms with E-state index >= 15 is 0 Å². The standard InChI is InChI=1S/C19H15ClN2O2/c1-10-6-11(20)7-13-14(19(23)22-18(10)13)8-17-15(9-21)12-4-2-3-5-16(12)24-17/h6-8H,2-5H2,1H3,(H,22,23). The van der Waals surface area contributed by atoms with Gasteiger partial charge >= 0.3 is 0 Å². The Bertz CT molecular complexity index is 947. The highest BCUT2D eigenvalue weighted by atomic mass is 35.5. The maximum absolute atomic E-state index is 12.4. The number of nitrogens with zero attached hydrogens (tertiary/aromatic N) is 1. The number of carbonyl (C=O) groups excluding carboxylic acids is 1. The number of hydrogen-bond acceptors (Lipinski definition) is 3. The summed E-state index contributed by atoms with van der Waals surface area (Å²) in [6.45, 7) is 1.90. The average Bonchev–Trinajstić information content (AvgIpc) is 3.06. The van der Waals surface area contributed by atoms with Gasteiger partial charge in [0.1, 0.15) is 23.2 Å². The monoisotopic (exact) mass is 338 g/mol. The van der Waals surface area contributed by atoms with Gasteiger partial charge in [0.05, 0.1) is 11.3 Å². The number of amides is 1. The van der Waals surface area contributed by atoms with Crippen molar-refractivity contribution in [3.63, 3.8) is 0 Å². The molecule has 2 aliphatic rings. The van der Waals surface area contributed by atoms with Crippen LogP contribution in [0, 0.1) is 18.3 Å². The van der Waals surface area contributed by atoms with Crippen LogP contribution in [0.3, 0.4) is 0 Å². The molecule has 2 aromatic rings. The lowest BCUT2D eigenvalue weighted by Gasteiger charge is -2.07. The molecule has 5 heteroatoms. The van der Waals surface area contributed by atoms with Crippen LogP contribution in [-0.2, 0) is 17.6 Å². The van der Waals surface area contributed by atoms with E-state index in [9.17, 15) is 10.1 Å². The van der Waals surface area contributed by atoms with E-state index in [1.165, 1.54) is 0 Å². The second-order valence-electron chi connectivity index (χ2n) is 6.22. The molecule has 0 atom stereocenters. The van der Waals surface area contributed by atoms with Crippen LogP contribution in [0.5, 0.6) is 0 Å². The van der Waals surface area contributed by atoms with Crippen molar-refractivity contribution in [2.45, 2.75) is 32.6 Å². The Morgan fingerprint density at radius 3 is 2.92 bits per heavy atom. The van der Waals surface area contributed by atoms with Gasteiger partial charge in [0.15, 0.2) is 0 Å². The minimum Gasteiger partial charge on any atom is -0.460 e. The average molecular weight is 339 g/mol. The van der Waals surface area contributed by atoms with Crippen LogP contribution in [0.25, 0.3) is 11.6 Å². The molecule has 0 spiro atoms. The van der Waals surface area contributed by atoms with Gasteiger partial charge in [-0.2, -0.15) is 5.26 Å². The number of aryl methyl sites for hydroxylation is 2. The van der Waals surface area contributed by atoms with Crippen molar-refractivity contribution in [3.05, 3.63) is 50.9 Å². The molecule has 0 fully saturated rings. The smallest absolute Gasteiger partial charge is 0.256 e. The van der Waals surface area contributed by atoms with Crippen molar-refractivity contribution in [2.75, 3.05) is 5.32 Å². The Morgan fingerprint density at radius 1 is 1.33 bits per heavy atom. The Balaban J connectivity index is 1.88. The van der Waals surface area contributed by atoms with Crippen molar-refractivity contribution in [3.8, 4) is 6.07 Å². The van der Waals surface area contributed by atoms with Gasteiger partial charge in [0.25, 0.3) is 5.91 Å². The molecule has 24 heavy (non-hydrogen) atoms. The first-order valence-electron chi connectivity index (χ1n) is 7.96. The van der Waals surface area contributed by atoms with Crippen LogP contribution < -0.4 is 5.32 Å². The van der Waals surface area contributed by atoms with E-state index in [1.807, 2.05) is 13.0 Å². The van der Waals surface area contributed by atoms with E-state index in [4.69, 9.17) is 16.0 Å². The molecular weight excluding hydrogens is 324 g/mol. The van der Waals surface area contributed by atoms with E-state index in [-0.39, 0.29) is 5.91 Å². The summed E-state index contributed by atoms with van der Waals surface area (Å²) >= 11 is 6.14. The normalized spacial score (nSPS) is 17.4. The Morgan fingerprint density at radius 2 is 2.12 bits per heavy atom. The zero-order chi connectivity index (χ0) is 16.8. The number of carbonyl (C=O) groups is 1. The summed E-state index contributed by atoms with van der Waals surface area (Å²) in [7, 11) is 0. The second kappa shape index (κ2) is 5.54. The predicted octanol–water partition coefficient (Wildman–Crippen LogP) is 4.48. The number of furan rings is 1. The lowest BCUT2D eigenvalue weighted by Crippen LogP contribution is -2.04. The highest BCUT2D eigenvalue weighted by molar-refractivity contribution is 6.37. The minimum absolute atomic E-state index is 0.200. The number of benzene rings is 1. The van der Waals surface area contributed by atoms with E-state index < -0.39 is 0 Å². The van der Waals surface area contributed by atoms with Crippen LogP contribution in [0.2, 0.25) is 5.02 Å². The molecule has 4 nitrogen and oxygen atoms in total. The number of nitrogens with one attached hydrogen (secondary N) is 1. The van der Waals surface area contributed by atoms with Gasteiger partial charge in [-0.1, -0.05) is 11.6 Å². The number of fused-ring (bicyclic) bond motifs is 2. The van der Waals surface area contributed by atoms with Crippen LogP contribution in [-0.4, -0.2) is 5.91 Å². The fraction of sp³-hybridized carbons (Fsp3) is 0.263. The minimum atomic E-state index is -0.200. The molecule has 0 unspecified atom stereocenters. The van der Waals surface area contributed by atoms with Gasteiger partial charge in [0.2, 0.25) is 0 Å². The highest BCUT2D eigenvalue weighted by Gasteiger charge is 2.28. The van der Waals surface area contributed by atoms with Crippen molar-refractivity contribution < 1.29 is 9.21 Å². The third-order valence-electron chi connectivity index (χ3n) is 4.66. The molecule has 2 heterocycles. The van der Waals surface area contributed by atoms with Crippen LogP contribution in [0.1, 0.15) is 46.6 Å². The quantitative estimate of drug-likeness (QED) is 0.779. The van der Waals surface area contributed by atoms with Crippen LogP contribution in [0.15, 0.2) is 16.5 Å². The van der Waals surface area contributed by atoms with E-state index in [0.717, 1.165) is 53.8 Å². The first-order valence-corrected chi connectivity index (χ1v) is 8.34. The lowest BCUT2D eigenvalue weighted by atomic mass is 9.94. The SMILES string of the molecule is Cc1cc(Cl)cc2c1NC(=O)C2=Cc1oc2c(c1C#N)CCCC2. The molecule has 1 aliphatic heterocycles. The van der Waals surface area contributed by atoms with Gasteiger partial charge < -0.3 is 9.73 Å². The Labute approximate surface area is 144 Å². The van der Waals surface area contributed by atoms with Gasteiger partial charge in [-0.25, -0.2) is 0 Å². The van der Waals surface area contributed by atoms with Gasteiger partial charge in [-0.15, -0.1) is 0 Å². The third kappa shape index (κ3) is 2.24. The summed E-state index contributed by atoms with van der Waals surface area (Å²) in [5, 5.41) is 13.0. The van der Waals surface area contributed by atoms with Gasteiger partial charge in [-0.05, 0) is 50.0 Å². The number of nitriles is 1. The summed E-state index contributed by atoms with van der Waals surface area (Å²) in [5.41, 5.74) is 4.47. The zero-order valence-electron chi connectivity index (χ0n) is 13.2. The summed E-state index contributed by atoms with van der Waals surface area (Å²) in [6.07, 6.45) is 5.52. The molecule has 0 saturated carbocycles. The van der Waals surface area contributed by atoms with Crippen LogP contribution >= 0.6 is 11.6 Å². The topological polar surface area (TPSA) is 66.0 Å². The summed E-state index contributed by atoms with van der Waals surface area (Å²) < 4.78 is 5.90. The molecule has 1 amide bonds. The summed E-state index contributed by atoms with van der Waals surface area (Å²) in [5.74, 6) is 1.15. The summed E-state index contributed by atoms with van der Waals surface area (Å²) in [4.78, 5) is 12.4. The number of halogens is 1. The molecule has 120 valence electrons. The molecule has 4 rings (SSSR count). The molecule has 0 saturated heterocycles. The van der Waals surface area contributed by atoms with E-state index in [1.54, 1.807) is 12.1 Å². The lowest BCUT2D eigenvalue weighted by molar-refractivity contribution is -0.110. The molecule has 1 N–H and O–H groups in total. The summed E-state index contributed by atoms with van der Waals surface area (Å²) in [6, 6.07) is 5.82. The highest BCUT2D eigenvalue weighted by Crippen LogP contribution is 2.39. The number of rotatable bonds is 1. The maximum atomic E-state index is 12.4. The fourth-order valence-corrected chi connectivity index (χ4v) is 3.78. The first kappa shape index (κ1) is 15.0. The Kier molecular flexibility index (Phi) is 3.47. The van der Waals surface area contributed by atoms with Crippen molar-refractivity contribution in [2.24, 2.45) is 0 Å². The third-order valence-corrected chi connectivity index (χ3v) is 4.88. The zero-order valence-corrected chi connectivity index (χ0v) is 14.0. The van der Waals surface area contributed by atoms with Crippen LogP contribution in [0.4, 0.5) is 5.69 Å². The van der Waals surface area contributed by atoms with Crippen molar-refractivity contribution >= 4 is 34.8 Å². The van der Waals surface area contributed by atoms with Crippen molar-refractivity contribution in [1.29, 1.82) is 5.26 Å². The predicted molar refractivity (Wildman–Crippen MR) is 92.8 cm³/mol. The molecule has 1 aliphatic carbocycles. The van der Waals surface area contributed by atoms with E-state index in [0.29, 0.717) is 21.9 Å². The number of hydrogen-bond donors (Lipinski definition) is 1. The largest absolute Gasteiger partial charge is 0.460 e. The molecule has 0 radical (unpaired) electrons. The molecule has 0 bridgehead atoms. The maximum Gasteiger partial charge on any atom is 0.256 e.